The second kappa shape index (κ2) is 4.91. The second-order valence-electron chi connectivity index (χ2n) is 7.38. The summed E-state index contributed by atoms with van der Waals surface area (Å²) in [6.07, 6.45) is 4.54. The zero-order valence-corrected chi connectivity index (χ0v) is 15.6. The van der Waals surface area contributed by atoms with Crippen molar-refractivity contribution in [1.29, 1.82) is 0 Å². The largest absolute Gasteiger partial charge is 0.542 e. The fourth-order valence-corrected chi connectivity index (χ4v) is 7.87. The average Bonchev–Trinajstić information content (AvgIpc) is 3.38. The van der Waals surface area contributed by atoms with Crippen molar-refractivity contribution in [2.45, 2.75) is 6.54 Å². The molecule has 5 heteroatoms. The molecule has 3 nitrogen and oxygen atoms in total. The molecule has 27 heavy (non-hydrogen) atoms. The Hall–Kier alpha value is -2.84. The van der Waals surface area contributed by atoms with E-state index in [4.69, 9.17) is 0 Å². The molecule has 4 aromatic rings. The summed E-state index contributed by atoms with van der Waals surface area (Å²) < 4.78 is 4.94. The van der Waals surface area contributed by atoms with Gasteiger partial charge in [-0.05, 0) is 17.4 Å². The molecule has 1 aromatic heterocycles. The summed E-state index contributed by atoms with van der Waals surface area (Å²) in [7, 11) is -0.513. The first kappa shape index (κ1) is 14.3. The lowest BCUT2D eigenvalue weighted by Gasteiger charge is -2.29. The van der Waals surface area contributed by atoms with Gasteiger partial charge >= 0.3 is 6.70 Å². The number of aromatic nitrogens is 2. The number of imidazole rings is 1. The van der Waals surface area contributed by atoms with Crippen LogP contribution in [0.15, 0.2) is 85.2 Å². The Labute approximate surface area is 159 Å². The molecule has 126 valence electrons. The molecule has 0 N–H and O–H groups in total. The molecule has 1 unspecified atom stereocenters. The van der Waals surface area contributed by atoms with E-state index in [2.05, 4.69) is 99.0 Å². The van der Waals surface area contributed by atoms with Crippen molar-refractivity contribution in [2.75, 3.05) is 4.81 Å². The smallest absolute Gasteiger partial charge is 0.338 e. The molecule has 0 radical (unpaired) electrons. The Morgan fingerprint density at radius 1 is 0.852 bits per heavy atom. The predicted molar refractivity (Wildman–Crippen MR) is 112 cm³/mol. The van der Waals surface area contributed by atoms with E-state index in [0.717, 1.165) is 6.54 Å². The first-order valence-electron chi connectivity index (χ1n) is 9.37. The lowest BCUT2D eigenvalue weighted by atomic mass is 9.92. The minimum absolute atomic E-state index is 0.303. The standard InChI is InChI=1S/C22H16BN3P/c1-2-8-17(9-3-1)27-20-12-5-4-10-18(20)26-19-11-6-7-16-15-24-13-14-25(23(26)27)22(24)21(16)19/h1-14H,15H2/q+1. The summed E-state index contributed by atoms with van der Waals surface area (Å²) in [5.74, 6) is 1.37. The lowest BCUT2D eigenvalue weighted by Crippen LogP contribution is -2.61. The number of hydrogen-bond acceptors (Lipinski definition) is 1. The van der Waals surface area contributed by atoms with E-state index >= 15 is 0 Å². The second-order valence-corrected chi connectivity index (χ2v) is 9.58. The maximum atomic E-state index is 2.59. The van der Waals surface area contributed by atoms with E-state index in [1.807, 2.05) is 0 Å². The van der Waals surface area contributed by atoms with Crippen molar-refractivity contribution in [3.8, 4) is 11.4 Å². The van der Waals surface area contributed by atoms with E-state index in [1.54, 1.807) is 0 Å². The van der Waals surface area contributed by atoms with E-state index in [0.29, 0.717) is 6.70 Å². The molecule has 3 aliphatic heterocycles. The van der Waals surface area contributed by atoms with Crippen molar-refractivity contribution in [2.24, 2.45) is 0 Å². The maximum Gasteiger partial charge on any atom is 0.542 e. The zero-order valence-electron chi connectivity index (χ0n) is 14.7. The Morgan fingerprint density at radius 3 is 2.59 bits per heavy atom. The van der Waals surface area contributed by atoms with Gasteiger partial charge in [0.05, 0.1) is 5.56 Å². The first-order valence-corrected chi connectivity index (χ1v) is 10.8. The van der Waals surface area contributed by atoms with Crippen LogP contribution in [0.3, 0.4) is 0 Å². The van der Waals surface area contributed by atoms with Crippen LogP contribution >= 0.6 is 7.80 Å². The van der Waals surface area contributed by atoms with Gasteiger partial charge in [-0.1, -0.05) is 60.7 Å². The Morgan fingerprint density at radius 2 is 1.67 bits per heavy atom. The van der Waals surface area contributed by atoms with Crippen molar-refractivity contribution in [3.05, 3.63) is 90.8 Å². The molecule has 3 aliphatic rings. The van der Waals surface area contributed by atoms with Gasteiger partial charge in [0.25, 0.3) is 5.82 Å². The van der Waals surface area contributed by atoms with Crippen LogP contribution in [0.1, 0.15) is 5.56 Å². The third-order valence-electron chi connectivity index (χ3n) is 6.02. The summed E-state index contributed by atoms with van der Waals surface area (Å²) in [5.41, 5.74) is 5.58. The van der Waals surface area contributed by atoms with Crippen molar-refractivity contribution in [3.63, 3.8) is 0 Å². The molecule has 0 saturated heterocycles. The van der Waals surface area contributed by atoms with Gasteiger partial charge < -0.3 is 4.81 Å². The third-order valence-corrected chi connectivity index (χ3v) is 8.72. The number of nitrogens with zero attached hydrogens (tertiary/aromatic N) is 3. The van der Waals surface area contributed by atoms with Gasteiger partial charge in [0.2, 0.25) is 0 Å². The van der Waals surface area contributed by atoms with Gasteiger partial charge in [-0.2, -0.15) is 0 Å². The van der Waals surface area contributed by atoms with Gasteiger partial charge in [-0.3, -0.25) is 4.48 Å². The van der Waals surface area contributed by atoms with Gasteiger partial charge in [0.1, 0.15) is 18.9 Å². The minimum atomic E-state index is -0.513. The molecule has 3 aromatic carbocycles. The van der Waals surface area contributed by atoms with Crippen LogP contribution in [0.2, 0.25) is 0 Å². The molecule has 0 spiro atoms. The summed E-state index contributed by atoms with van der Waals surface area (Å²) >= 11 is 0. The fourth-order valence-electron chi connectivity index (χ4n) is 4.99. The van der Waals surface area contributed by atoms with Gasteiger partial charge in [-0.25, -0.2) is 4.57 Å². The summed E-state index contributed by atoms with van der Waals surface area (Å²) in [4.78, 5) is 2.59. The van der Waals surface area contributed by atoms with Crippen molar-refractivity contribution >= 4 is 36.5 Å². The van der Waals surface area contributed by atoms with Gasteiger partial charge in [0, 0.05) is 30.0 Å². The molecular weight excluding hydrogens is 348 g/mol. The summed E-state index contributed by atoms with van der Waals surface area (Å²) in [6, 6.07) is 26.9. The number of hydrogen-bond donors (Lipinski definition) is 0. The third kappa shape index (κ3) is 1.66. The normalized spacial score (nSPS) is 17.7. The molecule has 0 aliphatic carbocycles. The van der Waals surface area contributed by atoms with Crippen LogP contribution in [0, 0.1) is 0 Å². The average molecular weight is 364 g/mol. The molecule has 7 rings (SSSR count). The van der Waals surface area contributed by atoms with Gasteiger partial charge in [0.15, 0.2) is 0 Å². The maximum absolute atomic E-state index is 2.59. The van der Waals surface area contributed by atoms with Crippen molar-refractivity contribution < 1.29 is 4.48 Å². The molecular formula is C22H16BN3P+. The number of para-hydroxylation sites is 1. The molecule has 1 atom stereocenters. The van der Waals surface area contributed by atoms with Crippen LogP contribution in [0.25, 0.3) is 11.4 Å². The van der Waals surface area contributed by atoms with Crippen LogP contribution in [-0.4, -0.2) is 11.3 Å². The molecule has 0 amide bonds. The van der Waals surface area contributed by atoms with Crippen LogP contribution in [0.4, 0.5) is 11.4 Å². The Kier molecular flexibility index (Phi) is 2.59. The molecule has 0 fully saturated rings. The highest BCUT2D eigenvalue weighted by atomic mass is 31.1. The highest BCUT2D eigenvalue weighted by Gasteiger charge is 2.56. The summed E-state index contributed by atoms with van der Waals surface area (Å²) in [6.45, 7) is 1.29. The molecule has 0 bridgehead atoms. The predicted octanol–water partition coefficient (Wildman–Crippen LogP) is 3.24. The van der Waals surface area contributed by atoms with Gasteiger partial charge in [-0.15, -0.1) is 0 Å². The zero-order chi connectivity index (χ0) is 17.5. The first-order chi connectivity index (χ1) is 13.4. The van der Waals surface area contributed by atoms with E-state index in [9.17, 15) is 0 Å². The highest BCUT2D eigenvalue weighted by molar-refractivity contribution is 8.01. The fraction of sp³-hybridized carbons (Fsp3) is 0.0455. The molecule has 4 heterocycles. The van der Waals surface area contributed by atoms with E-state index < -0.39 is 7.80 Å². The quantitative estimate of drug-likeness (QED) is 0.329. The minimum Gasteiger partial charge on any atom is -0.338 e. The number of fused-ring (bicyclic) bond motifs is 5. The van der Waals surface area contributed by atoms with Crippen LogP contribution < -0.4 is 19.9 Å². The van der Waals surface area contributed by atoms with E-state index in [1.165, 1.54) is 38.9 Å². The number of rotatable bonds is 1. The summed E-state index contributed by atoms with van der Waals surface area (Å²) in [5, 5.41) is 2.92. The topological polar surface area (TPSA) is 12.1 Å². The Balaban J connectivity index is 1.59. The van der Waals surface area contributed by atoms with Crippen molar-refractivity contribution in [1.82, 2.24) is 4.57 Å². The molecule has 0 saturated carbocycles. The Bertz CT molecular complexity index is 1230. The van der Waals surface area contributed by atoms with Crippen LogP contribution in [0.5, 0.6) is 0 Å². The number of benzene rings is 3. The SMILES string of the molecule is c1ccc(P2B3N(c4ccccc42)c2cccc4c2-c2n(cc[n+]23)C4)cc1. The number of anilines is 2. The highest BCUT2D eigenvalue weighted by Crippen LogP contribution is 2.54. The monoisotopic (exact) mass is 364 g/mol. The van der Waals surface area contributed by atoms with E-state index in [-0.39, 0.29) is 0 Å². The van der Waals surface area contributed by atoms with Crippen LogP contribution in [-0.2, 0) is 6.54 Å². The lowest BCUT2D eigenvalue weighted by molar-refractivity contribution is -0.520.